The fourth-order valence-corrected chi connectivity index (χ4v) is 4.91. The summed E-state index contributed by atoms with van der Waals surface area (Å²) in [5.41, 5.74) is 4.31. The molecule has 34 heavy (non-hydrogen) atoms. The molecular weight excluding hydrogens is 448 g/mol. The van der Waals surface area contributed by atoms with E-state index in [0.717, 1.165) is 52.4 Å². The molecule has 2 fully saturated rings. The van der Waals surface area contributed by atoms with Crippen LogP contribution in [0.1, 0.15) is 38.5 Å². The first-order chi connectivity index (χ1) is 16.7. The largest absolute Gasteiger partial charge is 0.497 e. The second kappa shape index (κ2) is 8.80. The second-order valence-electron chi connectivity index (χ2n) is 9.09. The van der Waals surface area contributed by atoms with E-state index < -0.39 is 0 Å². The zero-order valence-corrected chi connectivity index (χ0v) is 19.8. The van der Waals surface area contributed by atoms with Gasteiger partial charge < -0.3 is 15.4 Å². The SMILES string of the molecule is COc1ccc(-c2nn3c(NC4CC4)ccc(Cl)c3c2-c2ccnc(NC3CCCC3)n2)cc1. The van der Waals surface area contributed by atoms with Gasteiger partial charge in [0.15, 0.2) is 0 Å². The van der Waals surface area contributed by atoms with Gasteiger partial charge in [0.1, 0.15) is 17.3 Å². The average molecular weight is 475 g/mol. The normalized spacial score (nSPS) is 16.2. The molecule has 0 spiro atoms. The first kappa shape index (κ1) is 21.2. The van der Waals surface area contributed by atoms with Crippen LogP contribution < -0.4 is 15.4 Å². The number of pyridine rings is 1. The molecule has 3 heterocycles. The van der Waals surface area contributed by atoms with Gasteiger partial charge in [0, 0.05) is 23.8 Å². The average Bonchev–Trinajstić information content (AvgIpc) is 3.36. The minimum atomic E-state index is 0.429. The maximum atomic E-state index is 6.79. The maximum absolute atomic E-state index is 6.79. The molecule has 8 heteroatoms. The molecule has 0 saturated heterocycles. The van der Waals surface area contributed by atoms with E-state index in [1.54, 1.807) is 13.3 Å². The number of halogens is 1. The number of anilines is 2. The molecule has 1 aromatic carbocycles. The van der Waals surface area contributed by atoms with E-state index in [1.165, 1.54) is 25.7 Å². The van der Waals surface area contributed by atoms with Crippen molar-refractivity contribution in [2.45, 2.75) is 50.6 Å². The second-order valence-corrected chi connectivity index (χ2v) is 9.50. The van der Waals surface area contributed by atoms with Crippen LogP contribution in [0.3, 0.4) is 0 Å². The molecule has 174 valence electrons. The fourth-order valence-electron chi connectivity index (χ4n) is 4.67. The molecule has 0 radical (unpaired) electrons. The molecule has 2 saturated carbocycles. The van der Waals surface area contributed by atoms with Crippen LogP contribution in [0.15, 0.2) is 48.7 Å². The summed E-state index contributed by atoms with van der Waals surface area (Å²) >= 11 is 6.79. The van der Waals surface area contributed by atoms with Crippen LogP contribution in [-0.2, 0) is 0 Å². The monoisotopic (exact) mass is 474 g/mol. The Hall–Kier alpha value is -3.32. The number of methoxy groups -OCH3 is 1. The van der Waals surface area contributed by atoms with Gasteiger partial charge in [-0.05, 0) is 68.1 Å². The lowest BCUT2D eigenvalue weighted by molar-refractivity contribution is 0.415. The highest BCUT2D eigenvalue weighted by atomic mass is 35.5. The minimum Gasteiger partial charge on any atom is -0.497 e. The first-order valence-electron chi connectivity index (χ1n) is 11.9. The van der Waals surface area contributed by atoms with Crippen molar-refractivity contribution in [1.82, 2.24) is 19.6 Å². The van der Waals surface area contributed by atoms with Crippen LogP contribution in [-0.4, -0.2) is 38.8 Å². The fraction of sp³-hybridized carbons (Fsp3) is 0.346. The molecule has 4 aromatic rings. The molecule has 0 atom stereocenters. The van der Waals surface area contributed by atoms with E-state index >= 15 is 0 Å². The summed E-state index contributed by atoms with van der Waals surface area (Å²) in [7, 11) is 1.67. The molecule has 7 nitrogen and oxygen atoms in total. The number of nitrogens with zero attached hydrogens (tertiary/aromatic N) is 4. The standard InChI is InChI=1S/C26H27ClN6O/c1-34-19-10-6-16(7-11-19)24-23(21-14-15-28-26(31-21)30-17-4-2-3-5-17)25-20(27)12-13-22(33(25)32-24)29-18-8-9-18/h6-7,10-15,17-18,29H,2-5,8-9H2,1H3,(H,28,30,31). The summed E-state index contributed by atoms with van der Waals surface area (Å²) in [6, 6.07) is 14.7. The molecule has 6 rings (SSSR count). The Morgan fingerprint density at radius 3 is 2.44 bits per heavy atom. The zero-order chi connectivity index (χ0) is 23.1. The van der Waals surface area contributed by atoms with Gasteiger partial charge >= 0.3 is 0 Å². The van der Waals surface area contributed by atoms with Crippen molar-refractivity contribution in [2.24, 2.45) is 0 Å². The number of benzene rings is 1. The molecule has 0 unspecified atom stereocenters. The maximum Gasteiger partial charge on any atom is 0.223 e. The van der Waals surface area contributed by atoms with Crippen LogP contribution in [0.2, 0.25) is 5.02 Å². The van der Waals surface area contributed by atoms with E-state index in [-0.39, 0.29) is 0 Å². The third kappa shape index (κ3) is 4.05. The lowest BCUT2D eigenvalue weighted by Gasteiger charge is -2.13. The van der Waals surface area contributed by atoms with Gasteiger partial charge in [-0.2, -0.15) is 5.10 Å². The van der Waals surface area contributed by atoms with Gasteiger partial charge in [-0.25, -0.2) is 14.5 Å². The predicted molar refractivity (Wildman–Crippen MR) is 136 cm³/mol. The highest BCUT2D eigenvalue weighted by Crippen LogP contribution is 2.40. The van der Waals surface area contributed by atoms with Gasteiger partial charge in [-0.1, -0.05) is 24.4 Å². The Bertz CT molecular complexity index is 1330. The molecule has 2 aliphatic carbocycles. The summed E-state index contributed by atoms with van der Waals surface area (Å²) in [6.07, 6.45) is 8.96. The van der Waals surface area contributed by atoms with Crippen LogP contribution in [0, 0.1) is 0 Å². The third-order valence-corrected chi connectivity index (χ3v) is 6.93. The highest BCUT2D eigenvalue weighted by molar-refractivity contribution is 6.35. The summed E-state index contributed by atoms with van der Waals surface area (Å²) in [5.74, 6) is 2.38. The van der Waals surface area contributed by atoms with Gasteiger partial charge in [-0.15, -0.1) is 0 Å². The quantitative estimate of drug-likeness (QED) is 0.339. The minimum absolute atomic E-state index is 0.429. The van der Waals surface area contributed by atoms with E-state index in [9.17, 15) is 0 Å². The van der Waals surface area contributed by atoms with E-state index in [1.807, 2.05) is 47.0 Å². The summed E-state index contributed by atoms with van der Waals surface area (Å²) in [4.78, 5) is 9.41. The van der Waals surface area contributed by atoms with E-state index in [4.69, 9.17) is 26.4 Å². The van der Waals surface area contributed by atoms with Gasteiger partial charge in [-0.3, -0.25) is 0 Å². The van der Waals surface area contributed by atoms with E-state index in [2.05, 4.69) is 15.6 Å². The number of aromatic nitrogens is 4. The number of ether oxygens (including phenoxy) is 1. The Labute approximate surface area is 203 Å². The van der Waals surface area contributed by atoms with Crippen LogP contribution in [0.4, 0.5) is 11.8 Å². The summed E-state index contributed by atoms with van der Waals surface area (Å²) in [6.45, 7) is 0. The number of rotatable bonds is 7. The lowest BCUT2D eigenvalue weighted by Crippen LogP contribution is -2.16. The van der Waals surface area contributed by atoms with Crippen molar-refractivity contribution in [2.75, 3.05) is 17.7 Å². The molecule has 2 aliphatic rings. The van der Waals surface area contributed by atoms with Gasteiger partial charge in [0.2, 0.25) is 5.95 Å². The highest BCUT2D eigenvalue weighted by Gasteiger charge is 2.26. The van der Waals surface area contributed by atoms with Crippen LogP contribution in [0.25, 0.3) is 28.0 Å². The third-order valence-electron chi connectivity index (χ3n) is 6.62. The van der Waals surface area contributed by atoms with Crippen LogP contribution >= 0.6 is 11.6 Å². The Morgan fingerprint density at radius 1 is 0.941 bits per heavy atom. The Balaban J connectivity index is 1.52. The smallest absolute Gasteiger partial charge is 0.223 e. The molecule has 0 bridgehead atoms. The van der Waals surface area contributed by atoms with Crippen molar-refractivity contribution >= 4 is 28.9 Å². The Morgan fingerprint density at radius 2 is 1.71 bits per heavy atom. The number of hydrogen-bond acceptors (Lipinski definition) is 6. The first-order valence-corrected chi connectivity index (χ1v) is 12.3. The topological polar surface area (TPSA) is 76.4 Å². The van der Waals surface area contributed by atoms with Crippen molar-refractivity contribution in [3.05, 3.63) is 53.7 Å². The number of hydrogen-bond donors (Lipinski definition) is 2. The van der Waals surface area contributed by atoms with Gasteiger partial charge in [0.25, 0.3) is 0 Å². The van der Waals surface area contributed by atoms with Gasteiger partial charge in [0.05, 0.1) is 28.9 Å². The molecule has 0 aliphatic heterocycles. The zero-order valence-electron chi connectivity index (χ0n) is 19.1. The number of fused-ring (bicyclic) bond motifs is 1. The summed E-state index contributed by atoms with van der Waals surface area (Å²) in [5, 5.41) is 12.8. The van der Waals surface area contributed by atoms with Crippen molar-refractivity contribution < 1.29 is 4.74 Å². The van der Waals surface area contributed by atoms with Crippen molar-refractivity contribution in [3.63, 3.8) is 0 Å². The molecular formula is C26H27ClN6O. The molecule has 3 aromatic heterocycles. The van der Waals surface area contributed by atoms with E-state index in [0.29, 0.717) is 23.1 Å². The summed E-state index contributed by atoms with van der Waals surface area (Å²) < 4.78 is 7.28. The molecule has 2 N–H and O–H groups in total. The number of nitrogens with one attached hydrogen (secondary N) is 2. The Kier molecular flexibility index (Phi) is 5.49. The van der Waals surface area contributed by atoms with Crippen molar-refractivity contribution in [3.8, 4) is 28.3 Å². The lowest BCUT2D eigenvalue weighted by atomic mass is 10.0. The molecule has 0 amide bonds. The predicted octanol–water partition coefficient (Wildman–Crippen LogP) is 6.05. The van der Waals surface area contributed by atoms with Crippen molar-refractivity contribution in [1.29, 1.82) is 0 Å². The van der Waals surface area contributed by atoms with Crippen LogP contribution in [0.5, 0.6) is 5.75 Å².